The number of carbonyl (C=O) groups excluding carboxylic acids is 4. The highest BCUT2D eigenvalue weighted by Crippen LogP contribution is 2.22. The average molecular weight is 374 g/mol. The third-order valence-electron chi connectivity index (χ3n) is 4.60. The molecule has 1 heterocycles. The van der Waals surface area contributed by atoms with Gasteiger partial charge in [0.1, 0.15) is 0 Å². The molecule has 1 aromatic rings. The first-order valence-corrected chi connectivity index (χ1v) is 9.29. The molecule has 0 fully saturated rings. The van der Waals surface area contributed by atoms with Crippen molar-refractivity contribution in [2.75, 3.05) is 26.7 Å². The van der Waals surface area contributed by atoms with Crippen molar-refractivity contribution in [1.82, 2.24) is 9.80 Å². The molecule has 0 aromatic heterocycles. The number of benzene rings is 1. The normalized spacial score (nSPS) is 12.9. The SMILES string of the molecule is CCCCN(CCC(=O)OC)C(=O)CCCN1C(=O)c2ccccc2C1=O. The Bertz CT molecular complexity index is 681. The number of amides is 3. The summed E-state index contributed by atoms with van der Waals surface area (Å²) < 4.78 is 4.63. The van der Waals surface area contributed by atoms with E-state index in [0.717, 1.165) is 12.8 Å². The second-order valence-electron chi connectivity index (χ2n) is 6.47. The van der Waals surface area contributed by atoms with Gasteiger partial charge in [0.15, 0.2) is 0 Å². The standard InChI is InChI=1S/C20H26N2O5/c1-3-4-12-21(14-11-18(24)27-2)17(23)10-7-13-22-19(25)15-8-5-6-9-16(15)20(22)26/h5-6,8-9H,3-4,7,10-14H2,1-2H3. The summed E-state index contributed by atoms with van der Waals surface area (Å²) in [5.41, 5.74) is 0.827. The van der Waals surface area contributed by atoms with Crippen molar-refractivity contribution >= 4 is 23.7 Å². The first-order valence-electron chi connectivity index (χ1n) is 9.29. The van der Waals surface area contributed by atoms with Crippen molar-refractivity contribution in [1.29, 1.82) is 0 Å². The smallest absolute Gasteiger partial charge is 0.307 e. The van der Waals surface area contributed by atoms with Crippen LogP contribution >= 0.6 is 0 Å². The van der Waals surface area contributed by atoms with Gasteiger partial charge in [0.25, 0.3) is 11.8 Å². The molecule has 7 heteroatoms. The van der Waals surface area contributed by atoms with Gasteiger partial charge in [-0.3, -0.25) is 24.1 Å². The fourth-order valence-corrected chi connectivity index (χ4v) is 3.03. The Balaban J connectivity index is 1.87. The molecule has 0 aliphatic carbocycles. The minimum absolute atomic E-state index is 0.0797. The Morgan fingerprint density at radius 1 is 1.00 bits per heavy atom. The number of methoxy groups -OCH3 is 1. The highest BCUT2D eigenvalue weighted by molar-refractivity contribution is 6.21. The fourth-order valence-electron chi connectivity index (χ4n) is 3.03. The van der Waals surface area contributed by atoms with Crippen molar-refractivity contribution in [3.63, 3.8) is 0 Å². The maximum atomic E-state index is 12.5. The number of ether oxygens (including phenoxy) is 1. The zero-order valence-electron chi connectivity index (χ0n) is 15.9. The summed E-state index contributed by atoms with van der Waals surface area (Å²) in [5, 5.41) is 0. The number of imide groups is 1. The van der Waals surface area contributed by atoms with Crippen LogP contribution in [-0.2, 0) is 14.3 Å². The molecule has 146 valence electrons. The zero-order chi connectivity index (χ0) is 19.8. The number of nitrogens with zero attached hydrogens (tertiary/aromatic N) is 2. The lowest BCUT2D eigenvalue weighted by Crippen LogP contribution is -2.35. The molecule has 0 N–H and O–H groups in total. The van der Waals surface area contributed by atoms with Crippen molar-refractivity contribution < 1.29 is 23.9 Å². The molecule has 0 radical (unpaired) electrons. The van der Waals surface area contributed by atoms with Crippen LogP contribution in [0, 0.1) is 0 Å². The van der Waals surface area contributed by atoms with Crippen LogP contribution in [0.1, 0.15) is 59.7 Å². The minimum Gasteiger partial charge on any atom is -0.469 e. The van der Waals surface area contributed by atoms with Crippen molar-refractivity contribution in [2.24, 2.45) is 0 Å². The van der Waals surface area contributed by atoms with E-state index in [1.165, 1.54) is 12.0 Å². The van der Waals surface area contributed by atoms with E-state index in [9.17, 15) is 19.2 Å². The lowest BCUT2D eigenvalue weighted by atomic mass is 10.1. The maximum Gasteiger partial charge on any atom is 0.307 e. The van der Waals surface area contributed by atoms with Gasteiger partial charge < -0.3 is 9.64 Å². The van der Waals surface area contributed by atoms with Crippen molar-refractivity contribution in [2.45, 2.75) is 39.0 Å². The Kier molecular flexibility index (Phi) is 7.52. The molecule has 0 saturated heterocycles. The molecule has 3 amide bonds. The number of rotatable bonds is 10. The first-order chi connectivity index (χ1) is 13.0. The number of unbranched alkanes of at least 4 members (excludes halogenated alkanes) is 1. The summed E-state index contributed by atoms with van der Waals surface area (Å²) in [5.74, 6) is -1.05. The van der Waals surface area contributed by atoms with Gasteiger partial charge in [-0.05, 0) is 25.0 Å². The van der Waals surface area contributed by atoms with E-state index in [0.29, 0.717) is 30.6 Å². The van der Waals surface area contributed by atoms with Crippen LogP contribution in [0.5, 0.6) is 0 Å². The molecule has 1 aliphatic rings. The summed E-state index contributed by atoms with van der Waals surface area (Å²) in [6, 6.07) is 6.73. The van der Waals surface area contributed by atoms with Gasteiger partial charge in [0.2, 0.25) is 5.91 Å². The first kappa shape index (κ1) is 20.6. The van der Waals surface area contributed by atoms with Crippen LogP contribution in [0.2, 0.25) is 0 Å². The van der Waals surface area contributed by atoms with Gasteiger partial charge in [0.05, 0.1) is 24.7 Å². The van der Waals surface area contributed by atoms with Crippen molar-refractivity contribution in [3.05, 3.63) is 35.4 Å². The van der Waals surface area contributed by atoms with E-state index < -0.39 is 0 Å². The summed E-state index contributed by atoms with van der Waals surface area (Å²) in [6.07, 6.45) is 2.57. The quantitative estimate of drug-likeness (QED) is 0.463. The van der Waals surface area contributed by atoms with E-state index in [1.54, 1.807) is 29.2 Å². The predicted molar refractivity (Wildman–Crippen MR) is 99.2 cm³/mol. The second-order valence-corrected chi connectivity index (χ2v) is 6.47. The van der Waals surface area contributed by atoms with Gasteiger partial charge in [-0.1, -0.05) is 25.5 Å². The molecule has 0 atom stereocenters. The Hall–Kier alpha value is -2.70. The molecule has 0 spiro atoms. The van der Waals surface area contributed by atoms with Crippen LogP contribution in [0.15, 0.2) is 24.3 Å². The molecular weight excluding hydrogens is 348 g/mol. The van der Waals surface area contributed by atoms with E-state index in [1.807, 2.05) is 6.92 Å². The van der Waals surface area contributed by atoms with Gasteiger partial charge in [-0.2, -0.15) is 0 Å². The fraction of sp³-hybridized carbons (Fsp3) is 0.500. The topological polar surface area (TPSA) is 84.0 Å². The number of hydrogen-bond acceptors (Lipinski definition) is 5. The largest absolute Gasteiger partial charge is 0.469 e. The monoisotopic (exact) mass is 374 g/mol. The van der Waals surface area contributed by atoms with E-state index in [2.05, 4.69) is 4.74 Å². The zero-order valence-corrected chi connectivity index (χ0v) is 15.9. The lowest BCUT2D eigenvalue weighted by molar-refractivity contribution is -0.141. The third kappa shape index (κ3) is 5.15. The third-order valence-corrected chi connectivity index (χ3v) is 4.60. The Morgan fingerprint density at radius 2 is 1.63 bits per heavy atom. The number of esters is 1. The van der Waals surface area contributed by atoms with E-state index in [-0.39, 0.29) is 43.1 Å². The number of carbonyl (C=O) groups is 4. The molecule has 7 nitrogen and oxygen atoms in total. The van der Waals surface area contributed by atoms with Crippen LogP contribution in [0.4, 0.5) is 0 Å². The molecule has 0 saturated carbocycles. The average Bonchev–Trinajstić information content (AvgIpc) is 2.92. The minimum atomic E-state index is -0.352. The van der Waals surface area contributed by atoms with Gasteiger partial charge in [-0.15, -0.1) is 0 Å². The second kappa shape index (κ2) is 9.85. The summed E-state index contributed by atoms with van der Waals surface area (Å²) >= 11 is 0. The highest BCUT2D eigenvalue weighted by Gasteiger charge is 2.34. The molecule has 0 bridgehead atoms. The van der Waals surface area contributed by atoms with Crippen molar-refractivity contribution in [3.8, 4) is 0 Å². The maximum absolute atomic E-state index is 12.5. The summed E-state index contributed by atoms with van der Waals surface area (Å²) in [7, 11) is 1.32. The number of fused-ring (bicyclic) bond motifs is 1. The number of hydrogen-bond donors (Lipinski definition) is 0. The molecule has 1 aliphatic heterocycles. The molecule has 1 aromatic carbocycles. The van der Waals surface area contributed by atoms with E-state index >= 15 is 0 Å². The molecular formula is C20H26N2O5. The van der Waals surface area contributed by atoms with Gasteiger partial charge >= 0.3 is 5.97 Å². The predicted octanol–water partition coefficient (Wildman–Crippen LogP) is 2.25. The molecule has 0 unspecified atom stereocenters. The highest BCUT2D eigenvalue weighted by atomic mass is 16.5. The lowest BCUT2D eigenvalue weighted by Gasteiger charge is -2.22. The van der Waals surface area contributed by atoms with Crippen LogP contribution in [-0.4, -0.2) is 60.2 Å². The Labute approximate surface area is 159 Å². The molecule has 27 heavy (non-hydrogen) atoms. The van der Waals surface area contributed by atoms with E-state index in [4.69, 9.17) is 0 Å². The summed E-state index contributed by atoms with van der Waals surface area (Å²) in [4.78, 5) is 51.3. The van der Waals surface area contributed by atoms with Crippen LogP contribution in [0.25, 0.3) is 0 Å². The van der Waals surface area contributed by atoms with Gasteiger partial charge in [0, 0.05) is 26.1 Å². The Morgan fingerprint density at radius 3 is 2.19 bits per heavy atom. The van der Waals surface area contributed by atoms with Crippen LogP contribution < -0.4 is 0 Å². The van der Waals surface area contributed by atoms with Gasteiger partial charge in [-0.25, -0.2) is 0 Å². The van der Waals surface area contributed by atoms with Crippen LogP contribution in [0.3, 0.4) is 0 Å². The molecule has 2 rings (SSSR count). The summed E-state index contributed by atoms with van der Waals surface area (Å²) in [6.45, 7) is 3.14.